The van der Waals surface area contributed by atoms with Gasteiger partial charge in [-0.3, -0.25) is 9.69 Å². The maximum atomic E-state index is 12.9. The molecular formula is C20H17NO5S2. The van der Waals surface area contributed by atoms with Crippen molar-refractivity contribution in [2.75, 3.05) is 18.6 Å². The Morgan fingerprint density at radius 2 is 2.04 bits per heavy atom. The number of hydrogen-bond donors (Lipinski definition) is 1. The first-order chi connectivity index (χ1) is 13.4. The quantitative estimate of drug-likeness (QED) is 0.560. The van der Waals surface area contributed by atoms with E-state index >= 15 is 0 Å². The van der Waals surface area contributed by atoms with Gasteiger partial charge in [-0.25, -0.2) is 4.79 Å². The van der Waals surface area contributed by atoms with E-state index < -0.39 is 5.97 Å². The number of rotatable bonds is 6. The summed E-state index contributed by atoms with van der Waals surface area (Å²) >= 11 is 6.50. The van der Waals surface area contributed by atoms with Crippen molar-refractivity contribution in [3.8, 4) is 11.5 Å². The zero-order valence-electron chi connectivity index (χ0n) is 15.2. The Hall–Kier alpha value is -2.84. The van der Waals surface area contributed by atoms with Crippen molar-refractivity contribution in [3.05, 3.63) is 58.5 Å². The number of amides is 1. The van der Waals surface area contributed by atoms with E-state index in [9.17, 15) is 9.59 Å². The molecule has 8 heteroatoms. The highest BCUT2D eigenvalue weighted by atomic mass is 32.2. The predicted octanol–water partition coefficient (Wildman–Crippen LogP) is 4.20. The van der Waals surface area contributed by atoms with Crippen LogP contribution in [0.25, 0.3) is 6.08 Å². The summed E-state index contributed by atoms with van der Waals surface area (Å²) in [6.07, 6.45) is 1.72. The zero-order chi connectivity index (χ0) is 20.3. The van der Waals surface area contributed by atoms with Crippen molar-refractivity contribution in [2.24, 2.45) is 0 Å². The lowest BCUT2D eigenvalue weighted by atomic mass is 10.1. The van der Waals surface area contributed by atoms with E-state index in [0.29, 0.717) is 33.0 Å². The highest BCUT2D eigenvalue weighted by Crippen LogP contribution is 2.37. The number of thioether (sulfide) groups is 1. The average Bonchev–Trinajstić information content (AvgIpc) is 2.96. The van der Waals surface area contributed by atoms with E-state index in [-0.39, 0.29) is 11.5 Å². The third kappa shape index (κ3) is 4.02. The van der Waals surface area contributed by atoms with Crippen LogP contribution in [-0.4, -0.2) is 35.0 Å². The molecule has 1 aliphatic heterocycles. The molecule has 0 aromatic heterocycles. The van der Waals surface area contributed by atoms with Crippen LogP contribution in [0.1, 0.15) is 22.8 Å². The van der Waals surface area contributed by atoms with Crippen molar-refractivity contribution < 1.29 is 24.2 Å². The van der Waals surface area contributed by atoms with Crippen molar-refractivity contribution in [2.45, 2.75) is 6.92 Å². The van der Waals surface area contributed by atoms with Gasteiger partial charge in [-0.2, -0.15) is 0 Å². The Morgan fingerprint density at radius 1 is 1.25 bits per heavy atom. The van der Waals surface area contributed by atoms with Crippen molar-refractivity contribution >= 4 is 51.9 Å². The fourth-order valence-electron chi connectivity index (χ4n) is 2.67. The summed E-state index contributed by atoms with van der Waals surface area (Å²) in [6, 6.07) is 11.5. The lowest BCUT2D eigenvalue weighted by Crippen LogP contribution is -2.27. The first-order valence-electron chi connectivity index (χ1n) is 8.36. The lowest BCUT2D eigenvalue weighted by molar-refractivity contribution is -0.113. The molecule has 1 N–H and O–H groups in total. The number of aromatic carboxylic acids is 1. The third-order valence-electron chi connectivity index (χ3n) is 3.93. The van der Waals surface area contributed by atoms with Gasteiger partial charge in [0, 0.05) is 0 Å². The Labute approximate surface area is 171 Å². The van der Waals surface area contributed by atoms with E-state index in [1.165, 1.54) is 17.0 Å². The summed E-state index contributed by atoms with van der Waals surface area (Å²) in [4.78, 5) is 25.8. The largest absolute Gasteiger partial charge is 0.493 e. The summed E-state index contributed by atoms with van der Waals surface area (Å²) < 4.78 is 11.2. The van der Waals surface area contributed by atoms with Crippen LogP contribution in [0.3, 0.4) is 0 Å². The number of carbonyl (C=O) groups is 2. The van der Waals surface area contributed by atoms with Crippen LogP contribution in [0, 0.1) is 0 Å². The fourth-order valence-corrected chi connectivity index (χ4v) is 3.97. The molecule has 0 saturated carbocycles. The molecule has 1 heterocycles. The minimum Gasteiger partial charge on any atom is -0.493 e. The monoisotopic (exact) mass is 415 g/mol. The molecule has 0 spiro atoms. The molecule has 0 atom stereocenters. The lowest BCUT2D eigenvalue weighted by Gasteiger charge is -2.14. The van der Waals surface area contributed by atoms with E-state index in [1.54, 1.807) is 37.5 Å². The molecule has 0 aliphatic carbocycles. The van der Waals surface area contributed by atoms with Crippen LogP contribution in [0.15, 0.2) is 47.4 Å². The topological polar surface area (TPSA) is 76.1 Å². The number of benzene rings is 2. The second-order valence-electron chi connectivity index (χ2n) is 5.72. The summed E-state index contributed by atoms with van der Waals surface area (Å²) in [5, 5.41) is 9.17. The molecule has 1 aliphatic rings. The van der Waals surface area contributed by atoms with Gasteiger partial charge in [-0.15, -0.1) is 0 Å². The normalized spacial score (nSPS) is 15.2. The molecule has 1 amide bonds. The van der Waals surface area contributed by atoms with E-state index in [0.717, 1.165) is 17.3 Å². The van der Waals surface area contributed by atoms with Crippen LogP contribution < -0.4 is 14.4 Å². The van der Waals surface area contributed by atoms with Crippen molar-refractivity contribution in [1.82, 2.24) is 0 Å². The van der Waals surface area contributed by atoms with Gasteiger partial charge in [0.15, 0.2) is 15.8 Å². The molecule has 6 nitrogen and oxygen atoms in total. The molecule has 144 valence electrons. The number of carbonyl (C=O) groups excluding carboxylic acids is 1. The number of carboxylic acids is 1. The van der Waals surface area contributed by atoms with Crippen molar-refractivity contribution in [3.63, 3.8) is 0 Å². The van der Waals surface area contributed by atoms with Crippen LogP contribution in [0.2, 0.25) is 0 Å². The van der Waals surface area contributed by atoms with Crippen LogP contribution >= 0.6 is 24.0 Å². The number of carboxylic acid groups (broad SMARTS) is 1. The maximum absolute atomic E-state index is 12.9. The minimum atomic E-state index is -1.07. The Balaban J connectivity index is 1.91. The van der Waals surface area contributed by atoms with Crippen LogP contribution in [0.4, 0.5) is 5.69 Å². The van der Waals surface area contributed by atoms with Gasteiger partial charge in [-0.05, 0) is 48.9 Å². The molecule has 2 aromatic rings. The number of methoxy groups -OCH3 is 1. The summed E-state index contributed by atoms with van der Waals surface area (Å²) in [5.41, 5.74) is 1.28. The summed E-state index contributed by atoms with van der Waals surface area (Å²) in [5.74, 6) is -0.171. The number of hydrogen-bond acceptors (Lipinski definition) is 6. The van der Waals surface area contributed by atoms with E-state index in [4.69, 9.17) is 26.8 Å². The Bertz CT molecular complexity index is 986. The maximum Gasteiger partial charge on any atom is 0.335 e. The third-order valence-corrected chi connectivity index (χ3v) is 5.23. The molecule has 2 aromatic carbocycles. The highest BCUT2D eigenvalue weighted by Gasteiger charge is 2.33. The second-order valence-corrected chi connectivity index (χ2v) is 7.39. The molecule has 1 fully saturated rings. The molecule has 3 rings (SSSR count). The predicted molar refractivity (Wildman–Crippen MR) is 113 cm³/mol. The van der Waals surface area contributed by atoms with Gasteiger partial charge in [0.1, 0.15) is 0 Å². The van der Waals surface area contributed by atoms with Gasteiger partial charge < -0.3 is 14.6 Å². The van der Waals surface area contributed by atoms with Crippen LogP contribution in [0.5, 0.6) is 11.5 Å². The van der Waals surface area contributed by atoms with Crippen molar-refractivity contribution in [1.29, 1.82) is 0 Å². The molecular weight excluding hydrogens is 398 g/mol. The summed E-state index contributed by atoms with van der Waals surface area (Å²) in [7, 11) is 1.55. The average molecular weight is 415 g/mol. The molecule has 0 bridgehead atoms. The zero-order valence-corrected chi connectivity index (χ0v) is 16.8. The first-order valence-corrected chi connectivity index (χ1v) is 9.59. The van der Waals surface area contributed by atoms with Crippen LogP contribution in [-0.2, 0) is 4.79 Å². The Kier molecular flexibility index (Phi) is 6.01. The van der Waals surface area contributed by atoms with Gasteiger partial charge in [0.25, 0.3) is 5.91 Å². The number of thiocarbonyl (C=S) groups is 1. The van der Waals surface area contributed by atoms with E-state index in [2.05, 4.69) is 0 Å². The smallest absolute Gasteiger partial charge is 0.335 e. The van der Waals surface area contributed by atoms with Gasteiger partial charge >= 0.3 is 5.97 Å². The standard InChI is InChI=1S/C20H17NO5S2/c1-3-26-15-8-7-12(9-16(15)25-2)10-17-18(22)21(20(27)28-17)14-6-4-5-13(11-14)19(23)24/h4-11H,3H2,1-2H3,(H,23,24). The SMILES string of the molecule is CCOc1ccc(C=C2SC(=S)N(c3cccc(C(=O)O)c3)C2=O)cc1OC. The Morgan fingerprint density at radius 3 is 2.71 bits per heavy atom. The fraction of sp³-hybridized carbons (Fsp3) is 0.150. The van der Waals surface area contributed by atoms with E-state index in [1.807, 2.05) is 13.0 Å². The molecule has 0 radical (unpaired) electrons. The first kappa shape index (κ1) is 19.9. The highest BCUT2D eigenvalue weighted by molar-refractivity contribution is 8.27. The number of ether oxygens (including phenoxy) is 2. The molecule has 28 heavy (non-hydrogen) atoms. The molecule has 1 saturated heterocycles. The molecule has 0 unspecified atom stereocenters. The van der Waals surface area contributed by atoms with Gasteiger partial charge in [0.05, 0.1) is 29.9 Å². The van der Waals surface area contributed by atoms with Gasteiger partial charge in [0.2, 0.25) is 0 Å². The minimum absolute atomic E-state index is 0.0896. The number of anilines is 1. The summed E-state index contributed by atoms with van der Waals surface area (Å²) in [6.45, 7) is 2.40. The number of nitrogens with zero attached hydrogens (tertiary/aromatic N) is 1. The van der Waals surface area contributed by atoms with Gasteiger partial charge in [-0.1, -0.05) is 36.1 Å². The second kappa shape index (κ2) is 8.45.